The van der Waals surface area contributed by atoms with E-state index in [9.17, 15) is 4.79 Å². The van der Waals surface area contributed by atoms with Crippen LogP contribution in [0, 0.1) is 0 Å². The van der Waals surface area contributed by atoms with Crippen molar-refractivity contribution in [3.05, 3.63) is 33.7 Å². The summed E-state index contributed by atoms with van der Waals surface area (Å²) in [6.07, 6.45) is 0.818. The van der Waals surface area contributed by atoms with Crippen LogP contribution in [-0.4, -0.2) is 14.2 Å². The molecule has 3 aromatic rings. The monoisotopic (exact) mass is 247 g/mol. The van der Waals surface area contributed by atoms with E-state index in [4.69, 9.17) is 0 Å². The Hall–Kier alpha value is -1.62. The quantitative estimate of drug-likeness (QED) is 0.697. The SMILES string of the molecule is CCc1nn(CC)c(=O)c2cc3ccsc3n12. The molecule has 0 saturated carbocycles. The van der Waals surface area contributed by atoms with E-state index in [1.165, 1.54) is 4.68 Å². The van der Waals surface area contributed by atoms with Crippen LogP contribution in [0.5, 0.6) is 0 Å². The predicted octanol–water partition coefficient (Wildman–Crippen LogP) is 2.29. The molecule has 0 bridgehead atoms. The standard InChI is InChI=1S/C12H13N3OS/c1-3-10-13-14(4-2)11(16)9-7-8-5-6-17-12(8)15(9)10/h5-7H,3-4H2,1-2H3. The molecule has 3 heterocycles. The molecular weight excluding hydrogens is 234 g/mol. The second-order valence-electron chi connectivity index (χ2n) is 3.94. The van der Waals surface area contributed by atoms with Crippen LogP contribution >= 0.6 is 11.3 Å². The van der Waals surface area contributed by atoms with Gasteiger partial charge in [-0.05, 0) is 24.4 Å². The van der Waals surface area contributed by atoms with Crippen LogP contribution in [-0.2, 0) is 13.0 Å². The van der Waals surface area contributed by atoms with Gasteiger partial charge in [0.15, 0.2) is 0 Å². The second kappa shape index (κ2) is 3.70. The fourth-order valence-corrected chi connectivity index (χ4v) is 3.06. The largest absolute Gasteiger partial charge is 0.291 e. The van der Waals surface area contributed by atoms with E-state index >= 15 is 0 Å². The van der Waals surface area contributed by atoms with Crippen molar-refractivity contribution in [2.24, 2.45) is 0 Å². The fraction of sp³-hybridized carbons (Fsp3) is 0.333. The summed E-state index contributed by atoms with van der Waals surface area (Å²) < 4.78 is 3.53. The molecule has 0 aliphatic rings. The van der Waals surface area contributed by atoms with Gasteiger partial charge in [-0.15, -0.1) is 11.3 Å². The highest BCUT2D eigenvalue weighted by molar-refractivity contribution is 7.16. The van der Waals surface area contributed by atoms with Crippen LogP contribution in [0.15, 0.2) is 22.3 Å². The van der Waals surface area contributed by atoms with E-state index in [0.717, 1.165) is 28.0 Å². The van der Waals surface area contributed by atoms with Crippen LogP contribution in [0.1, 0.15) is 19.7 Å². The second-order valence-corrected chi connectivity index (χ2v) is 4.83. The maximum atomic E-state index is 12.2. The Balaban J connectivity index is 2.57. The van der Waals surface area contributed by atoms with Crippen molar-refractivity contribution in [2.45, 2.75) is 26.8 Å². The van der Waals surface area contributed by atoms with Crippen molar-refractivity contribution in [3.63, 3.8) is 0 Å². The average Bonchev–Trinajstić information content (AvgIpc) is 2.90. The van der Waals surface area contributed by atoms with Crippen molar-refractivity contribution in [2.75, 3.05) is 0 Å². The molecule has 0 radical (unpaired) electrons. The van der Waals surface area contributed by atoms with Crippen molar-refractivity contribution < 1.29 is 0 Å². The molecule has 0 saturated heterocycles. The Morgan fingerprint density at radius 2 is 2.24 bits per heavy atom. The van der Waals surface area contributed by atoms with E-state index in [2.05, 4.69) is 12.0 Å². The topological polar surface area (TPSA) is 39.3 Å². The van der Waals surface area contributed by atoms with Crippen molar-refractivity contribution in [1.82, 2.24) is 14.2 Å². The molecule has 4 nitrogen and oxygen atoms in total. The van der Waals surface area contributed by atoms with Crippen LogP contribution < -0.4 is 5.56 Å². The lowest BCUT2D eigenvalue weighted by Crippen LogP contribution is -2.26. The van der Waals surface area contributed by atoms with E-state index < -0.39 is 0 Å². The molecule has 3 rings (SSSR count). The molecule has 0 fully saturated rings. The first-order chi connectivity index (χ1) is 8.26. The zero-order valence-electron chi connectivity index (χ0n) is 9.80. The summed E-state index contributed by atoms with van der Waals surface area (Å²) in [5.41, 5.74) is 0.730. The molecule has 0 atom stereocenters. The lowest BCUT2D eigenvalue weighted by Gasteiger charge is -2.07. The molecule has 17 heavy (non-hydrogen) atoms. The highest BCUT2D eigenvalue weighted by atomic mass is 32.1. The van der Waals surface area contributed by atoms with E-state index in [1.807, 2.05) is 28.8 Å². The van der Waals surface area contributed by atoms with Gasteiger partial charge in [0.1, 0.15) is 16.2 Å². The zero-order chi connectivity index (χ0) is 12.0. The molecule has 3 aromatic heterocycles. The molecule has 0 aromatic carbocycles. The zero-order valence-corrected chi connectivity index (χ0v) is 10.6. The van der Waals surface area contributed by atoms with Gasteiger partial charge in [-0.1, -0.05) is 6.92 Å². The van der Waals surface area contributed by atoms with Gasteiger partial charge < -0.3 is 0 Å². The van der Waals surface area contributed by atoms with Gasteiger partial charge in [0.25, 0.3) is 5.56 Å². The minimum atomic E-state index is -0.00639. The third-order valence-electron chi connectivity index (χ3n) is 2.97. The molecule has 88 valence electrons. The fourth-order valence-electron chi connectivity index (χ4n) is 2.14. The van der Waals surface area contributed by atoms with E-state index in [0.29, 0.717) is 6.54 Å². The van der Waals surface area contributed by atoms with Crippen LogP contribution in [0.2, 0.25) is 0 Å². The molecule has 0 spiro atoms. The number of fused-ring (bicyclic) bond motifs is 3. The van der Waals surface area contributed by atoms with Gasteiger partial charge in [-0.2, -0.15) is 5.10 Å². The van der Waals surface area contributed by atoms with E-state index in [-0.39, 0.29) is 5.56 Å². The number of rotatable bonds is 2. The van der Waals surface area contributed by atoms with Crippen LogP contribution in [0.4, 0.5) is 0 Å². The summed E-state index contributed by atoms with van der Waals surface area (Å²) in [5, 5.41) is 7.58. The number of thiophene rings is 1. The summed E-state index contributed by atoms with van der Waals surface area (Å²) in [7, 11) is 0. The summed E-state index contributed by atoms with van der Waals surface area (Å²) in [4.78, 5) is 13.3. The molecule has 0 aliphatic heterocycles. The third-order valence-corrected chi connectivity index (χ3v) is 3.89. The molecule has 5 heteroatoms. The highest BCUT2D eigenvalue weighted by Crippen LogP contribution is 2.24. The molecule has 0 aliphatic carbocycles. The third kappa shape index (κ3) is 1.35. The molecule has 0 N–H and O–H groups in total. The molecular formula is C12H13N3OS. The number of nitrogens with zero attached hydrogens (tertiary/aromatic N) is 3. The van der Waals surface area contributed by atoms with Crippen LogP contribution in [0.25, 0.3) is 15.7 Å². The predicted molar refractivity (Wildman–Crippen MR) is 69.9 cm³/mol. The Bertz CT molecular complexity index is 750. The van der Waals surface area contributed by atoms with Gasteiger partial charge in [-0.3, -0.25) is 9.20 Å². The smallest absolute Gasteiger partial charge is 0.282 e. The lowest BCUT2D eigenvalue weighted by atomic mass is 10.4. The minimum Gasteiger partial charge on any atom is -0.282 e. The van der Waals surface area contributed by atoms with Crippen LogP contribution in [0.3, 0.4) is 0 Å². The normalized spacial score (nSPS) is 11.6. The first-order valence-electron chi connectivity index (χ1n) is 5.75. The Morgan fingerprint density at radius 1 is 1.41 bits per heavy atom. The highest BCUT2D eigenvalue weighted by Gasteiger charge is 2.13. The molecule has 0 unspecified atom stereocenters. The van der Waals surface area contributed by atoms with Crippen molar-refractivity contribution >= 4 is 27.1 Å². The maximum absolute atomic E-state index is 12.2. The van der Waals surface area contributed by atoms with Gasteiger partial charge in [0.05, 0.1) is 0 Å². The summed E-state index contributed by atoms with van der Waals surface area (Å²) in [6, 6.07) is 4.00. The van der Waals surface area contributed by atoms with Gasteiger partial charge in [0, 0.05) is 18.4 Å². The average molecular weight is 247 g/mol. The number of aryl methyl sites for hydroxylation is 2. The summed E-state index contributed by atoms with van der Waals surface area (Å²) >= 11 is 1.65. The first kappa shape index (κ1) is 10.5. The number of hydrogen-bond donors (Lipinski definition) is 0. The summed E-state index contributed by atoms with van der Waals surface area (Å²) in [5.74, 6) is 0.943. The number of aromatic nitrogens is 3. The van der Waals surface area contributed by atoms with Gasteiger partial charge >= 0.3 is 0 Å². The lowest BCUT2D eigenvalue weighted by molar-refractivity contribution is 0.586. The Morgan fingerprint density at radius 3 is 2.94 bits per heavy atom. The summed E-state index contributed by atoms with van der Waals surface area (Å²) in [6.45, 7) is 4.61. The maximum Gasteiger partial charge on any atom is 0.291 e. The van der Waals surface area contributed by atoms with Gasteiger partial charge in [-0.25, -0.2) is 4.68 Å². The van der Waals surface area contributed by atoms with Crippen molar-refractivity contribution in [3.8, 4) is 0 Å². The van der Waals surface area contributed by atoms with Gasteiger partial charge in [0.2, 0.25) is 0 Å². The van der Waals surface area contributed by atoms with Crippen molar-refractivity contribution in [1.29, 1.82) is 0 Å². The number of hydrogen-bond acceptors (Lipinski definition) is 3. The Labute approximate surface area is 102 Å². The van der Waals surface area contributed by atoms with E-state index in [1.54, 1.807) is 11.3 Å². The first-order valence-corrected chi connectivity index (χ1v) is 6.62. The minimum absolute atomic E-state index is 0.00639. The molecule has 0 amide bonds. The Kier molecular flexibility index (Phi) is 2.29.